The summed E-state index contributed by atoms with van der Waals surface area (Å²) in [6.07, 6.45) is 17.1. The first-order chi connectivity index (χ1) is 10.7. The molecule has 24 heavy (non-hydrogen) atoms. The van der Waals surface area contributed by atoms with E-state index in [-0.39, 0.29) is 70.1 Å². The van der Waals surface area contributed by atoms with E-state index in [0.717, 1.165) is 32.1 Å². The number of terminal acetylenes is 1. The van der Waals surface area contributed by atoms with Crippen molar-refractivity contribution in [3.63, 3.8) is 0 Å². The van der Waals surface area contributed by atoms with Crippen molar-refractivity contribution in [1.82, 2.24) is 0 Å². The zero-order chi connectivity index (χ0) is 16.8. The van der Waals surface area contributed by atoms with Crippen LogP contribution in [0.2, 0.25) is 0 Å². The molecule has 0 saturated heterocycles. The number of aliphatic hydroxyl groups excluding tert-OH is 4. The summed E-state index contributed by atoms with van der Waals surface area (Å²) in [5.74, 6) is 1.68. The Labute approximate surface area is 190 Å². The van der Waals surface area contributed by atoms with Gasteiger partial charge < -0.3 is 25.9 Å². The van der Waals surface area contributed by atoms with Gasteiger partial charge in [-0.15, -0.1) is 12.8 Å². The Bertz CT molecular complexity index is 253. The van der Waals surface area contributed by atoms with E-state index in [1.54, 1.807) is 0 Å². The van der Waals surface area contributed by atoms with Crippen molar-refractivity contribution in [2.24, 2.45) is 23.7 Å². The van der Waals surface area contributed by atoms with Crippen LogP contribution in [0.3, 0.4) is 0 Å². The molecule has 5 nitrogen and oxygen atoms in total. The molecule has 2 fully saturated rings. The van der Waals surface area contributed by atoms with Crippen LogP contribution < -0.4 is 51.4 Å². The van der Waals surface area contributed by atoms with E-state index in [2.05, 4.69) is 12.8 Å². The number of aliphatic hydroxyl groups is 4. The number of rotatable bonds is 4. The summed E-state index contributed by atoms with van der Waals surface area (Å²) in [4.78, 5) is 0. The molecule has 2 aliphatic rings. The molecular weight excluding hydrogens is 335 g/mol. The summed E-state index contributed by atoms with van der Waals surface area (Å²) in [5.41, 5.74) is 0. The van der Waals surface area contributed by atoms with Gasteiger partial charge in [0, 0.05) is 26.4 Å². The van der Waals surface area contributed by atoms with Crippen molar-refractivity contribution in [2.75, 3.05) is 26.4 Å². The Hall–Kier alpha value is 0.996. The van der Waals surface area contributed by atoms with Crippen LogP contribution in [0, 0.1) is 36.5 Å². The molecule has 2 rings (SSSR count). The number of hydrogen-bond donors (Lipinski definition) is 4. The van der Waals surface area contributed by atoms with E-state index < -0.39 is 0 Å². The van der Waals surface area contributed by atoms with Gasteiger partial charge in [-0.3, -0.25) is 0 Å². The van der Waals surface area contributed by atoms with E-state index in [0.29, 0.717) is 36.9 Å². The van der Waals surface area contributed by atoms with Gasteiger partial charge in [0.25, 0.3) is 0 Å². The minimum Gasteiger partial charge on any atom is -0.870 e. The molecular formula is C18H35KO5. The van der Waals surface area contributed by atoms with Crippen LogP contribution in [0.25, 0.3) is 0 Å². The average Bonchev–Trinajstić information content (AvgIpc) is 2.63. The summed E-state index contributed by atoms with van der Waals surface area (Å²) < 4.78 is 0. The van der Waals surface area contributed by atoms with Gasteiger partial charge in [0.05, 0.1) is 0 Å². The van der Waals surface area contributed by atoms with Crippen LogP contribution in [-0.4, -0.2) is 52.3 Å². The Balaban J connectivity index is -0.000000310. The van der Waals surface area contributed by atoms with Crippen molar-refractivity contribution in [3.8, 4) is 12.8 Å². The van der Waals surface area contributed by atoms with Gasteiger partial charge in [-0.1, -0.05) is 19.3 Å². The maximum Gasteiger partial charge on any atom is 1.00 e. The fourth-order valence-electron chi connectivity index (χ4n) is 3.50. The molecule has 0 heterocycles. The van der Waals surface area contributed by atoms with Gasteiger partial charge in [-0.2, -0.15) is 0 Å². The summed E-state index contributed by atoms with van der Waals surface area (Å²) in [5, 5.41) is 35.4. The molecule has 0 aromatic carbocycles. The molecule has 0 amide bonds. The minimum absolute atomic E-state index is 0. The summed E-state index contributed by atoms with van der Waals surface area (Å²) in [6.45, 7) is 1.11. The summed E-state index contributed by atoms with van der Waals surface area (Å²) >= 11 is 0. The van der Waals surface area contributed by atoms with Crippen molar-refractivity contribution in [1.29, 1.82) is 0 Å². The summed E-state index contributed by atoms with van der Waals surface area (Å²) in [6, 6.07) is 0. The molecule has 0 bridgehead atoms. The van der Waals surface area contributed by atoms with E-state index in [4.69, 9.17) is 20.4 Å². The zero-order valence-electron chi connectivity index (χ0n) is 15.2. The van der Waals surface area contributed by atoms with Crippen molar-refractivity contribution in [2.45, 2.75) is 51.4 Å². The average molecular weight is 371 g/mol. The molecule has 0 aromatic heterocycles. The Morgan fingerprint density at radius 3 is 1.29 bits per heavy atom. The second kappa shape index (κ2) is 20.3. The second-order valence-corrected chi connectivity index (χ2v) is 6.43. The second-order valence-electron chi connectivity index (χ2n) is 6.43. The van der Waals surface area contributed by atoms with E-state index >= 15 is 0 Å². The van der Waals surface area contributed by atoms with E-state index in [9.17, 15) is 0 Å². The predicted octanol–water partition coefficient (Wildman–Crippen LogP) is -1.37. The smallest absolute Gasteiger partial charge is 0.870 e. The van der Waals surface area contributed by atoms with Crippen LogP contribution in [0.1, 0.15) is 51.4 Å². The monoisotopic (exact) mass is 370 g/mol. The van der Waals surface area contributed by atoms with Crippen LogP contribution in [0.4, 0.5) is 0 Å². The van der Waals surface area contributed by atoms with Crippen molar-refractivity contribution < 1.29 is 77.3 Å². The normalized spacial score (nSPS) is 28.6. The summed E-state index contributed by atoms with van der Waals surface area (Å²) in [7, 11) is 0. The first-order valence-corrected chi connectivity index (χ1v) is 8.51. The number of hydrogen-bond acceptors (Lipinski definition) is 5. The minimum atomic E-state index is 0. The van der Waals surface area contributed by atoms with Crippen LogP contribution in [0.5, 0.6) is 0 Å². The van der Waals surface area contributed by atoms with Gasteiger partial charge in [0.1, 0.15) is 0 Å². The maximum absolute atomic E-state index is 8.88. The first-order valence-electron chi connectivity index (χ1n) is 8.51. The van der Waals surface area contributed by atoms with Crippen LogP contribution in [0.15, 0.2) is 0 Å². The Morgan fingerprint density at radius 1 is 0.625 bits per heavy atom. The predicted molar refractivity (Wildman–Crippen MR) is 91.1 cm³/mol. The van der Waals surface area contributed by atoms with Crippen molar-refractivity contribution in [3.05, 3.63) is 0 Å². The van der Waals surface area contributed by atoms with Gasteiger partial charge >= 0.3 is 51.4 Å². The molecule has 4 atom stereocenters. The molecule has 0 unspecified atom stereocenters. The standard InChI is InChI=1S/2C8H16O2.C2H2.K.H2O/c9-5-7-2-1-3-8(4-7)6-10;9-5-7-3-1-2-4-8(7)6-10;1-2;;/h2*7-10H,1-6H2;1-2H;;1H2/q;;;+1;/p-1/t2*7-,8+;;;. The third-order valence-corrected chi connectivity index (χ3v) is 4.94. The quantitative estimate of drug-likeness (QED) is 0.360. The molecule has 0 spiro atoms. The molecule has 6 heteroatoms. The molecule has 2 aliphatic carbocycles. The van der Waals surface area contributed by atoms with Gasteiger partial charge in [-0.05, 0) is 55.8 Å². The maximum atomic E-state index is 8.88. The topological polar surface area (TPSA) is 111 Å². The molecule has 0 aromatic rings. The molecule has 138 valence electrons. The zero-order valence-corrected chi connectivity index (χ0v) is 18.3. The van der Waals surface area contributed by atoms with Gasteiger partial charge in [-0.25, -0.2) is 0 Å². The molecule has 5 N–H and O–H groups in total. The molecule has 0 aliphatic heterocycles. The SMILES string of the molecule is C#C.OC[C@@H]1CCCC[C@@H]1CO.OC[C@@H]1CCC[C@H](CO)C1.[K+].[OH-]. The third-order valence-electron chi connectivity index (χ3n) is 4.94. The van der Waals surface area contributed by atoms with E-state index in [1.165, 1.54) is 19.3 Å². The Kier molecular flexibility index (Phi) is 25.2. The third kappa shape index (κ3) is 12.4. The van der Waals surface area contributed by atoms with Crippen LogP contribution in [-0.2, 0) is 0 Å². The molecule has 0 radical (unpaired) electrons. The fraction of sp³-hybridized carbons (Fsp3) is 0.889. The molecule has 2 saturated carbocycles. The largest absolute Gasteiger partial charge is 1.00 e. The Morgan fingerprint density at radius 2 is 1.00 bits per heavy atom. The van der Waals surface area contributed by atoms with E-state index in [1.807, 2.05) is 0 Å². The van der Waals surface area contributed by atoms with Gasteiger partial charge in [0.15, 0.2) is 0 Å². The van der Waals surface area contributed by atoms with Crippen molar-refractivity contribution >= 4 is 0 Å². The van der Waals surface area contributed by atoms with Gasteiger partial charge in [0.2, 0.25) is 0 Å². The fourth-order valence-corrected chi connectivity index (χ4v) is 3.50. The van der Waals surface area contributed by atoms with Crippen LogP contribution >= 0.6 is 0 Å². The first kappa shape index (κ1) is 29.7.